The molecule has 1 heterocycles. The molecule has 2 aliphatic rings. The molecular weight excluding hydrogens is 376 g/mol. The molecule has 1 aliphatic heterocycles. The summed E-state index contributed by atoms with van der Waals surface area (Å²) >= 11 is 0. The summed E-state index contributed by atoms with van der Waals surface area (Å²) in [5.41, 5.74) is 2.48. The summed E-state index contributed by atoms with van der Waals surface area (Å²) in [6.07, 6.45) is -1.14. The van der Waals surface area contributed by atoms with E-state index in [1.165, 1.54) is 0 Å². The highest BCUT2D eigenvalue weighted by atomic mass is 16.7. The van der Waals surface area contributed by atoms with Gasteiger partial charge >= 0.3 is 0 Å². The van der Waals surface area contributed by atoms with Gasteiger partial charge in [0.15, 0.2) is 6.29 Å². The van der Waals surface area contributed by atoms with Crippen molar-refractivity contribution < 1.29 is 19.3 Å². The molecule has 0 unspecified atom stereocenters. The van der Waals surface area contributed by atoms with E-state index in [2.05, 4.69) is 36.4 Å². The molecule has 4 nitrogen and oxygen atoms in total. The lowest BCUT2D eigenvalue weighted by molar-refractivity contribution is -0.164. The molecule has 3 aromatic rings. The third-order valence-electron chi connectivity index (χ3n) is 6.38. The molecule has 0 bridgehead atoms. The second-order valence-electron chi connectivity index (χ2n) is 8.03. The van der Waals surface area contributed by atoms with Crippen LogP contribution in [-0.2, 0) is 19.8 Å². The van der Waals surface area contributed by atoms with E-state index in [9.17, 15) is 5.11 Å². The topological polar surface area (TPSA) is 47.9 Å². The zero-order valence-corrected chi connectivity index (χ0v) is 16.9. The highest BCUT2D eigenvalue weighted by molar-refractivity contribution is 5.47. The van der Waals surface area contributed by atoms with Crippen molar-refractivity contribution in [3.8, 4) is 0 Å². The molecule has 0 spiro atoms. The van der Waals surface area contributed by atoms with E-state index in [4.69, 9.17) is 14.2 Å². The van der Waals surface area contributed by atoms with Crippen molar-refractivity contribution >= 4 is 0 Å². The van der Waals surface area contributed by atoms with Crippen LogP contribution >= 0.6 is 0 Å². The maximum Gasteiger partial charge on any atom is 0.183 e. The molecule has 1 aliphatic carbocycles. The molecule has 1 N–H and O–H groups in total. The number of aliphatic hydroxyl groups is 1. The molecule has 0 amide bonds. The van der Waals surface area contributed by atoms with Gasteiger partial charge in [0.1, 0.15) is 11.7 Å². The fourth-order valence-corrected chi connectivity index (χ4v) is 4.81. The van der Waals surface area contributed by atoms with Gasteiger partial charge in [-0.1, -0.05) is 91.0 Å². The molecule has 5 atom stereocenters. The number of fused-ring (bicyclic) bond motifs is 1. The molecule has 4 heteroatoms. The van der Waals surface area contributed by atoms with Crippen LogP contribution in [0, 0.1) is 11.8 Å². The van der Waals surface area contributed by atoms with Crippen molar-refractivity contribution in [1.29, 1.82) is 0 Å². The summed E-state index contributed by atoms with van der Waals surface area (Å²) in [7, 11) is 1.56. The molecule has 5 rings (SSSR count). The molecule has 0 aromatic heterocycles. The summed E-state index contributed by atoms with van der Waals surface area (Å²) in [4.78, 5) is 0. The van der Waals surface area contributed by atoms with Gasteiger partial charge in [0, 0.05) is 18.9 Å². The van der Waals surface area contributed by atoms with Gasteiger partial charge in [0.05, 0.1) is 12.7 Å². The van der Waals surface area contributed by atoms with Crippen LogP contribution in [0.3, 0.4) is 0 Å². The zero-order chi connectivity index (χ0) is 20.6. The number of methoxy groups -OCH3 is 1. The fraction of sp³-hybridized carbons (Fsp3) is 0.308. The number of benzene rings is 3. The van der Waals surface area contributed by atoms with Gasteiger partial charge in [-0.25, -0.2) is 0 Å². The smallest absolute Gasteiger partial charge is 0.183 e. The SMILES string of the molecule is CO[C@H]1O[C@@H]2[C@@H](COC(c3ccccc3)(c3ccccc3)c3ccccc3)[C@@H]2[C@H]1O. The van der Waals surface area contributed by atoms with Crippen molar-refractivity contribution in [2.75, 3.05) is 13.7 Å². The lowest BCUT2D eigenvalue weighted by Gasteiger charge is -2.36. The minimum Gasteiger partial charge on any atom is -0.387 e. The molecule has 1 saturated heterocycles. The van der Waals surface area contributed by atoms with E-state index in [0.717, 1.165) is 16.7 Å². The molecule has 3 aromatic carbocycles. The first kappa shape index (κ1) is 19.5. The van der Waals surface area contributed by atoms with Gasteiger partial charge in [-0.15, -0.1) is 0 Å². The Morgan fingerprint density at radius 1 is 0.800 bits per heavy atom. The second kappa shape index (κ2) is 7.97. The third-order valence-corrected chi connectivity index (χ3v) is 6.38. The minimum atomic E-state index is -0.744. The average molecular weight is 402 g/mol. The number of hydrogen-bond acceptors (Lipinski definition) is 4. The first-order valence-electron chi connectivity index (χ1n) is 10.4. The van der Waals surface area contributed by atoms with Crippen molar-refractivity contribution in [3.05, 3.63) is 108 Å². The van der Waals surface area contributed by atoms with E-state index in [1.54, 1.807) is 7.11 Å². The molecule has 154 valence electrons. The largest absolute Gasteiger partial charge is 0.387 e. The van der Waals surface area contributed by atoms with Crippen molar-refractivity contribution in [1.82, 2.24) is 0 Å². The van der Waals surface area contributed by atoms with E-state index < -0.39 is 18.0 Å². The minimum absolute atomic E-state index is 0.00929. The van der Waals surface area contributed by atoms with Gasteiger partial charge in [-0.3, -0.25) is 0 Å². The third kappa shape index (κ3) is 3.17. The summed E-state index contributed by atoms with van der Waals surface area (Å²) in [6.45, 7) is 0.488. The Morgan fingerprint density at radius 2 is 1.27 bits per heavy atom. The van der Waals surface area contributed by atoms with Gasteiger partial charge in [0.2, 0.25) is 0 Å². The van der Waals surface area contributed by atoms with Crippen LogP contribution in [-0.4, -0.2) is 37.3 Å². The fourth-order valence-electron chi connectivity index (χ4n) is 4.81. The lowest BCUT2D eigenvalue weighted by atomic mass is 9.80. The van der Waals surface area contributed by atoms with Crippen LogP contribution in [0.4, 0.5) is 0 Å². The number of hydrogen-bond donors (Lipinski definition) is 1. The predicted octanol–water partition coefficient (Wildman–Crippen LogP) is 3.97. The molecule has 30 heavy (non-hydrogen) atoms. The summed E-state index contributed by atoms with van der Waals surface area (Å²) in [5.74, 6) is 0.219. The number of ether oxygens (including phenoxy) is 3. The van der Waals surface area contributed by atoms with Gasteiger partial charge in [0.25, 0.3) is 0 Å². The Bertz CT molecular complexity index is 863. The van der Waals surface area contributed by atoms with E-state index in [1.807, 2.05) is 54.6 Å². The maximum atomic E-state index is 10.4. The van der Waals surface area contributed by atoms with E-state index >= 15 is 0 Å². The Kier molecular flexibility index (Phi) is 5.17. The van der Waals surface area contributed by atoms with Crippen LogP contribution in [0.2, 0.25) is 0 Å². The Balaban J connectivity index is 1.52. The van der Waals surface area contributed by atoms with Crippen LogP contribution in [0.25, 0.3) is 0 Å². The second-order valence-corrected chi connectivity index (χ2v) is 8.03. The summed E-state index contributed by atoms with van der Waals surface area (Å²) < 4.78 is 17.9. The Hall–Kier alpha value is -2.50. The Morgan fingerprint density at radius 3 is 1.63 bits per heavy atom. The van der Waals surface area contributed by atoms with Crippen LogP contribution in [0.5, 0.6) is 0 Å². The first-order chi connectivity index (χ1) is 14.8. The standard InChI is InChI=1S/C26H26O4/c1-28-25-23(27)22-21(24(22)30-25)17-29-26(18-11-5-2-6-12-18,19-13-7-3-8-14-19)20-15-9-4-10-16-20/h2-16,21-25,27H,17H2,1H3/t21-,22+,23+,24+,25-/m0/s1. The van der Waals surface area contributed by atoms with Crippen LogP contribution < -0.4 is 0 Å². The van der Waals surface area contributed by atoms with E-state index in [0.29, 0.717) is 6.61 Å². The van der Waals surface area contributed by atoms with E-state index in [-0.39, 0.29) is 17.9 Å². The molecule has 2 fully saturated rings. The quantitative estimate of drug-likeness (QED) is 0.608. The van der Waals surface area contributed by atoms with Crippen molar-refractivity contribution in [3.63, 3.8) is 0 Å². The Labute approximate surface area is 177 Å². The molecule has 1 saturated carbocycles. The van der Waals surface area contributed by atoms with Crippen LogP contribution in [0.15, 0.2) is 91.0 Å². The highest BCUT2D eigenvalue weighted by Crippen LogP contribution is 2.53. The van der Waals surface area contributed by atoms with Gasteiger partial charge in [-0.05, 0) is 16.7 Å². The summed E-state index contributed by atoms with van der Waals surface area (Å²) in [6, 6.07) is 31.0. The lowest BCUT2D eigenvalue weighted by Crippen LogP contribution is -2.35. The zero-order valence-electron chi connectivity index (χ0n) is 16.9. The number of aliphatic hydroxyl groups excluding tert-OH is 1. The van der Waals surface area contributed by atoms with Crippen molar-refractivity contribution in [2.45, 2.75) is 24.1 Å². The molecule has 0 radical (unpaired) electrons. The van der Waals surface area contributed by atoms with Gasteiger partial charge in [-0.2, -0.15) is 0 Å². The average Bonchev–Trinajstić information content (AvgIpc) is 3.40. The predicted molar refractivity (Wildman–Crippen MR) is 114 cm³/mol. The normalized spacial score (nSPS) is 27.6. The monoisotopic (exact) mass is 402 g/mol. The maximum absolute atomic E-state index is 10.4. The molecular formula is C26H26O4. The first-order valence-corrected chi connectivity index (χ1v) is 10.4. The summed E-state index contributed by atoms with van der Waals surface area (Å²) in [5, 5.41) is 10.4. The van der Waals surface area contributed by atoms with Crippen LogP contribution in [0.1, 0.15) is 16.7 Å². The number of rotatable bonds is 7. The van der Waals surface area contributed by atoms with Crippen molar-refractivity contribution in [2.24, 2.45) is 11.8 Å². The van der Waals surface area contributed by atoms with Gasteiger partial charge < -0.3 is 19.3 Å². The highest BCUT2D eigenvalue weighted by Gasteiger charge is 2.64.